The smallest absolute Gasteiger partial charge is 0.407 e. The molecule has 0 radical (unpaired) electrons. The minimum absolute atomic E-state index is 0.0341. The average Bonchev–Trinajstić information content (AvgIpc) is 3.28. The maximum absolute atomic E-state index is 14.2. The molecule has 0 saturated carbocycles. The van der Waals surface area contributed by atoms with Crippen LogP contribution in [0, 0.1) is 0 Å². The van der Waals surface area contributed by atoms with Crippen LogP contribution in [0.15, 0.2) is 48.5 Å². The normalized spacial score (nSPS) is 14.6. The van der Waals surface area contributed by atoms with E-state index in [0.29, 0.717) is 30.9 Å². The first-order valence-electron chi connectivity index (χ1n) is 24.3. The number of methoxy groups -OCH3 is 1. The molecule has 7 atom stereocenters. The Balaban J connectivity index is 2.36. The van der Waals surface area contributed by atoms with Crippen molar-refractivity contribution in [3.05, 3.63) is 59.1 Å². The summed E-state index contributed by atoms with van der Waals surface area (Å²) in [4.78, 5) is 107. The summed E-state index contributed by atoms with van der Waals surface area (Å²) in [5.41, 5.74) is -0.625. The van der Waals surface area contributed by atoms with E-state index in [0.717, 1.165) is 11.1 Å². The van der Waals surface area contributed by atoms with E-state index >= 15 is 0 Å². The fourth-order valence-electron chi connectivity index (χ4n) is 6.76. The summed E-state index contributed by atoms with van der Waals surface area (Å²) in [5, 5.41) is 32.0. The fraction of sp³-hybridized carbons (Fsp3) is 0.608. The Morgan fingerprint density at radius 2 is 1.11 bits per heavy atom. The molecule has 2 aromatic rings. The van der Waals surface area contributed by atoms with Gasteiger partial charge in [-0.25, -0.2) is 9.59 Å². The van der Waals surface area contributed by atoms with Crippen molar-refractivity contribution in [2.75, 3.05) is 33.4 Å². The topological polar surface area (TPSA) is 290 Å². The number of ether oxygens (including phenoxy) is 4. The van der Waals surface area contributed by atoms with Crippen LogP contribution in [0.5, 0.6) is 0 Å². The van der Waals surface area contributed by atoms with Gasteiger partial charge in [0.15, 0.2) is 6.10 Å². The van der Waals surface area contributed by atoms with E-state index in [1.54, 1.807) is 98.7 Å². The van der Waals surface area contributed by atoms with Crippen molar-refractivity contribution in [1.82, 2.24) is 42.5 Å². The van der Waals surface area contributed by atoms with Crippen LogP contribution in [-0.2, 0) is 42.9 Å². The summed E-state index contributed by atoms with van der Waals surface area (Å²) >= 11 is 6.05. The highest BCUT2D eigenvalue weighted by Gasteiger charge is 2.36. The molecule has 73 heavy (non-hydrogen) atoms. The number of aliphatic hydroxyl groups excluding tert-OH is 1. The number of hydrogen-bond acceptors (Lipinski definition) is 13. The summed E-state index contributed by atoms with van der Waals surface area (Å²) < 4.78 is 21.7. The number of nitrogens with one attached hydrogen (secondary N) is 8. The average molecular weight is 1050 g/mol. The molecule has 9 N–H and O–H groups in total. The van der Waals surface area contributed by atoms with Crippen LogP contribution in [0.25, 0.3) is 11.1 Å². The van der Waals surface area contributed by atoms with E-state index in [-0.39, 0.29) is 25.1 Å². The Labute approximate surface area is 434 Å². The quantitative estimate of drug-likeness (QED) is 0.0603. The number of halogens is 1. The van der Waals surface area contributed by atoms with Crippen molar-refractivity contribution in [2.45, 2.75) is 168 Å². The van der Waals surface area contributed by atoms with Crippen molar-refractivity contribution in [3.8, 4) is 11.1 Å². The van der Waals surface area contributed by atoms with E-state index in [2.05, 4.69) is 42.5 Å². The first-order chi connectivity index (χ1) is 33.9. The first kappa shape index (κ1) is 63.1. The molecule has 0 heterocycles. The molecule has 0 saturated heterocycles. The molecule has 0 spiro atoms. The number of carbonyl (C=O) groups is 8. The molecule has 0 aliphatic heterocycles. The number of amides is 8. The molecule has 1 unspecified atom stereocenters. The minimum Gasteiger partial charge on any atom is -0.444 e. The molecule has 0 aliphatic rings. The molecule has 0 aromatic heterocycles. The SMILES string of the molecule is COCCCNC(=O)C(O)[C@H](C)NC(=O)[C@H](CCCCNC(=O)OC(C)(C)C)NC(=O)[C@H](C)NC(=O)[C@@H](NC(=O)[C@H](CNC(=O)OC(C)(C)C)NC(=O)c1ccc(-c2ccc(Cl)cc2)cc1)[C@@H](C)OC(C)(C)C. The van der Waals surface area contributed by atoms with Crippen molar-refractivity contribution >= 4 is 59.2 Å². The van der Waals surface area contributed by atoms with Crippen molar-refractivity contribution in [1.29, 1.82) is 0 Å². The van der Waals surface area contributed by atoms with Crippen molar-refractivity contribution in [2.24, 2.45) is 0 Å². The second kappa shape index (κ2) is 29.6. The van der Waals surface area contributed by atoms with Crippen molar-refractivity contribution < 1.29 is 62.4 Å². The van der Waals surface area contributed by atoms with Gasteiger partial charge in [-0.15, -0.1) is 0 Å². The van der Waals surface area contributed by atoms with Gasteiger partial charge < -0.3 is 66.6 Å². The van der Waals surface area contributed by atoms with E-state index < -0.39 is 113 Å². The zero-order valence-corrected chi connectivity index (χ0v) is 45.3. The summed E-state index contributed by atoms with van der Waals surface area (Å²) in [5.74, 6) is -4.74. The molecule has 21 nitrogen and oxygen atoms in total. The maximum atomic E-state index is 14.2. The number of unbranched alkanes of at least 4 members (excludes halogenated alkanes) is 1. The molecule has 2 aromatic carbocycles. The van der Waals surface area contributed by atoms with Crippen LogP contribution >= 0.6 is 11.6 Å². The van der Waals surface area contributed by atoms with Gasteiger partial charge in [0.2, 0.25) is 23.6 Å². The Kier molecular flexibility index (Phi) is 25.6. The number of alkyl carbamates (subject to hydrolysis) is 2. The van der Waals surface area contributed by atoms with Crippen molar-refractivity contribution in [3.63, 3.8) is 0 Å². The predicted octanol–water partition coefficient (Wildman–Crippen LogP) is 4.02. The van der Waals surface area contributed by atoms with Crippen LogP contribution in [0.3, 0.4) is 0 Å². The van der Waals surface area contributed by atoms with Gasteiger partial charge in [-0.2, -0.15) is 0 Å². The van der Waals surface area contributed by atoms with E-state index in [9.17, 15) is 43.5 Å². The summed E-state index contributed by atoms with van der Waals surface area (Å²) in [6, 6.07) is 7.02. The number of hydrogen-bond donors (Lipinski definition) is 9. The molecule has 8 amide bonds. The minimum atomic E-state index is -1.64. The second-order valence-corrected chi connectivity index (χ2v) is 20.9. The Morgan fingerprint density at radius 1 is 0.575 bits per heavy atom. The highest BCUT2D eigenvalue weighted by Crippen LogP contribution is 2.22. The van der Waals surface area contributed by atoms with Crippen LogP contribution in [0.4, 0.5) is 9.59 Å². The lowest BCUT2D eigenvalue weighted by Crippen LogP contribution is -2.62. The lowest BCUT2D eigenvalue weighted by atomic mass is 10.0. The van der Waals surface area contributed by atoms with Crippen LogP contribution < -0.4 is 42.5 Å². The standard InChI is InChI=1S/C51H79ClN8O13/c1-30(40(61)46(67)53-27-16-28-70-13)56-43(64)37(17-14-15-26-54-47(68)72-50(7,8)9)58-41(62)31(2)57-45(66)39(32(3)71-49(4,5)6)60-44(65)38(29-55-48(69)73-51(10,11)12)59-42(63)35-20-18-33(19-21-35)34-22-24-36(52)25-23-34/h18-25,30-32,37-40,61H,14-17,26-29H2,1-13H3,(H,53,67)(H,54,68)(H,55,69)(H,56,64)(H,57,66)(H,58,62)(H,59,63)(H,60,65)/t30-,31-,32+,37-,38-,39-,40?/m0/s1. The number of carbonyl (C=O) groups excluding carboxylic acids is 8. The highest BCUT2D eigenvalue weighted by molar-refractivity contribution is 6.30. The molecule has 2 rings (SSSR count). The zero-order valence-electron chi connectivity index (χ0n) is 44.5. The van der Waals surface area contributed by atoms with Gasteiger partial charge in [0, 0.05) is 37.4 Å². The molecule has 0 aliphatic carbocycles. The molecule has 0 fully saturated rings. The summed E-state index contributed by atoms with van der Waals surface area (Å²) in [7, 11) is 1.51. The Bertz CT molecular complexity index is 2140. The third-order valence-electron chi connectivity index (χ3n) is 10.3. The van der Waals surface area contributed by atoms with Gasteiger partial charge in [0.25, 0.3) is 11.8 Å². The molecule has 22 heteroatoms. The molecular weight excluding hydrogens is 968 g/mol. The van der Waals surface area contributed by atoms with Gasteiger partial charge in [-0.05, 0) is 144 Å². The lowest BCUT2D eigenvalue weighted by molar-refractivity contribution is -0.139. The van der Waals surface area contributed by atoms with Crippen LogP contribution in [0.2, 0.25) is 5.02 Å². The van der Waals surface area contributed by atoms with Gasteiger partial charge in [-0.3, -0.25) is 28.8 Å². The third kappa shape index (κ3) is 25.0. The monoisotopic (exact) mass is 1050 g/mol. The maximum Gasteiger partial charge on any atom is 0.407 e. The van der Waals surface area contributed by atoms with Crippen LogP contribution in [-0.4, -0.2) is 145 Å². The summed E-state index contributed by atoms with van der Waals surface area (Å²) in [6.45, 7) is 19.9. The van der Waals surface area contributed by atoms with Gasteiger partial charge in [-0.1, -0.05) is 35.9 Å². The Morgan fingerprint density at radius 3 is 1.66 bits per heavy atom. The number of benzene rings is 2. The largest absolute Gasteiger partial charge is 0.444 e. The van der Waals surface area contributed by atoms with E-state index in [4.69, 9.17) is 30.5 Å². The van der Waals surface area contributed by atoms with E-state index in [1.807, 2.05) is 12.1 Å². The highest BCUT2D eigenvalue weighted by atomic mass is 35.5. The van der Waals surface area contributed by atoms with Crippen LogP contribution in [0.1, 0.15) is 119 Å². The van der Waals surface area contributed by atoms with Gasteiger partial charge in [0.1, 0.15) is 35.4 Å². The number of aliphatic hydroxyl groups is 1. The first-order valence-corrected chi connectivity index (χ1v) is 24.7. The number of rotatable bonds is 26. The van der Waals surface area contributed by atoms with Gasteiger partial charge in [0.05, 0.1) is 24.3 Å². The van der Waals surface area contributed by atoms with E-state index in [1.165, 1.54) is 27.9 Å². The molecule has 408 valence electrons. The zero-order chi connectivity index (χ0) is 55.3. The summed E-state index contributed by atoms with van der Waals surface area (Å²) in [6.07, 6.45) is -3.00. The second-order valence-electron chi connectivity index (χ2n) is 20.5. The van der Waals surface area contributed by atoms with Gasteiger partial charge >= 0.3 is 12.2 Å². The third-order valence-corrected chi connectivity index (χ3v) is 10.5. The lowest BCUT2D eigenvalue weighted by Gasteiger charge is -2.32. The molecular formula is C51H79ClN8O13. The molecule has 0 bridgehead atoms. The fourth-order valence-corrected chi connectivity index (χ4v) is 6.88. The predicted molar refractivity (Wildman–Crippen MR) is 275 cm³/mol. The Hall–Kier alpha value is -6.03.